The van der Waals surface area contributed by atoms with Gasteiger partial charge < -0.3 is 21.0 Å². The molecule has 1 aromatic carbocycles. The maximum Gasteiger partial charge on any atom is 0.153 e. The molecule has 0 saturated carbocycles. The zero-order valence-electron chi connectivity index (χ0n) is 9.31. The fourth-order valence-electron chi connectivity index (χ4n) is 1.28. The maximum absolute atomic E-state index is 8.35. The molecule has 0 aromatic heterocycles. The van der Waals surface area contributed by atoms with Gasteiger partial charge in [0.2, 0.25) is 0 Å². The Balaban J connectivity index is 2.44. The molecule has 1 rings (SSSR count). The fraction of sp³-hybridized carbons (Fsp3) is 0.364. The normalized spacial score (nSPS) is 11.4. The molecule has 0 aliphatic carbocycles. The summed E-state index contributed by atoms with van der Waals surface area (Å²) in [6.45, 7) is 3.61. The average Bonchev–Trinajstić information content (AvgIpc) is 2.30. The Kier molecular flexibility index (Phi) is 5.15. The van der Waals surface area contributed by atoms with Crippen LogP contribution in [0.1, 0.15) is 12.5 Å². The third-order valence-electron chi connectivity index (χ3n) is 1.97. The molecule has 0 heterocycles. The van der Waals surface area contributed by atoms with Crippen molar-refractivity contribution in [2.75, 3.05) is 13.2 Å². The first-order chi connectivity index (χ1) is 7.76. The van der Waals surface area contributed by atoms with Crippen LogP contribution in [0.2, 0.25) is 0 Å². The van der Waals surface area contributed by atoms with Gasteiger partial charge in [0, 0.05) is 6.54 Å². The lowest BCUT2D eigenvalue weighted by Gasteiger charge is -2.07. The number of nitrogens with two attached hydrogens (primary N) is 1. The third-order valence-corrected chi connectivity index (χ3v) is 1.97. The van der Waals surface area contributed by atoms with Crippen molar-refractivity contribution in [1.82, 2.24) is 5.32 Å². The van der Waals surface area contributed by atoms with Crippen molar-refractivity contribution in [2.24, 2.45) is 10.9 Å². The van der Waals surface area contributed by atoms with Gasteiger partial charge in [0.1, 0.15) is 5.75 Å². The molecule has 0 spiro atoms. The van der Waals surface area contributed by atoms with Gasteiger partial charge in [0.05, 0.1) is 13.2 Å². The summed E-state index contributed by atoms with van der Waals surface area (Å²) in [5, 5.41) is 14.3. The molecule has 0 radical (unpaired) electrons. The van der Waals surface area contributed by atoms with Crippen LogP contribution < -0.4 is 15.8 Å². The van der Waals surface area contributed by atoms with Crippen LogP contribution in [0.3, 0.4) is 0 Å². The van der Waals surface area contributed by atoms with Crippen molar-refractivity contribution in [3.8, 4) is 5.75 Å². The third kappa shape index (κ3) is 4.18. The van der Waals surface area contributed by atoms with Crippen LogP contribution in [-0.2, 0) is 6.54 Å². The number of ether oxygens (including phenoxy) is 1. The van der Waals surface area contributed by atoms with Crippen molar-refractivity contribution in [3.63, 3.8) is 0 Å². The molecule has 0 aliphatic heterocycles. The van der Waals surface area contributed by atoms with E-state index in [0.717, 1.165) is 11.3 Å². The second-order valence-electron chi connectivity index (χ2n) is 3.28. The highest BCUT2D eigenvalue weighted by molar-refractivity contribution is 5.81. The zero-order valence-corrected chi connectivity index (χ0v) is 9.31. The Morgan fingerprint density at radius 1 is 1.56 bits per heavy atom. The van der Waals surface area contributed by atoms with Gasteiger partial charge in [-0.25, -0.2) is 0 Å². The number of nitrogens with zero attached hydrogens (tertiary/aromatic N) is 1. The van der Waals surface area contributed by atoms with Gasteiger partial charge >= 0.3 is 0 Å². The molecule has 0 bridgehead atoms. The lowest BCUT2D eigenvalue weighted by molar-refractivity contribution is 0.317. The van der Waals surface area contributed by atoms with E-state index in [9.17, 15) is 0 Å². The van der Waals surface area contributed by atoms with E-state index in [-0.39, 0.29) is 5.84 Å². The second kappa shape index (κ2) is 6.68. The first-order valence-corrected chi connectivity index (χ1v) is 5.15. The summed E-state index contributed by atoms with van der Waals surface area (Å²) in [7, 11) is 0. The summed E-state index contributed by atoms with van der Waals surface area (Å²) in [6.07, 6.45) is 0. The van der Waals surface area contributed by atoms with Crippen LogP contribution >= 0.6 is 0 Å². The van der Waals surface area contributed by atoms with Crippen LogP contribution in [0.25, 0.3) is 0 Å². The summed E-state index contributed by atoms with van der Waals surface area (Å²) in [5.41, 5.74) is 6.42. The molecule has 0 aliphatic rings. The van der Waals surface area contributed by atoms with Gasteiger partial charge in [-0.05, 0) is 24.6 Å². The highest BCUT2D eigenvalue weighted by atomic mass is 16.5. The minimum Gasteiger partial charge on any atom is -0.494 e. The molecule has 88 valence electrons. The monoisotopic (exact) mass is 223 g/mol. The average molecular weight is 223 g/mol. The molecular formula is C11H17N3O2. The van der Waals surface area contributed by atoms with E-state index < -0.39 is 0 Å². The predicted octanol–water partition coefficient (Wildman–Crippen LogP) is 0.921. The van der Waals surface area contributed by atoms with Crippen molar-refractivity contribution in [1.29, 1.82) is 0 Å². The minimum atomic E-state index is 0.168. The SMILES string of the molecule is CCOc1cccc(CNCC(N)=NO)c1. The maximum atomic E-state index is 8.35. The Labute approximate surface area is 94.9 Å². The summed E-state index contributed by atoms with van der Waals surface area (Å²) >= 11 is 0. The first kappa shape index (κ1) is 12.3. The number of amidine groups is 1. The molecule has 0 saturated heterocycles. The van der Waals surface area contributed by atoms with Crippen molar-refractivity contribution < 1.29 is 9.94 Å². The quantitative estimate of drug-likeness (QED) is 0.290. The number of hydrogen-bond donors (Lipinski definition) is 3. The fourth-order valence-corrected chi connectivity index (χ4v) is 1.28. The van der Waals surface area contributed by atoms with Crippen LogP contribution in [0.4, 0.5) is 0 Å². The smallest absolute Gasteiger partial charge is 0.153 e. The summed E-state index contributed by atoms with van der Waals surface area (Å²) < 4.78 is 5.38. The molecule has 16 heavy (non-hydrogen) atoms. The Bertz CT molecular complexity index is 353. The van der Waals surface area contributed by atoms with Crippen molar-refractivity contribution in [3.05, 3.63) is 29.8 Å². The molecule has 0 unspecified atom stereocenters. The van der Waals surface area contributed by atoms with Crippen LogP contribution in [0.15, 0.2) is 29.4 Å². The van der Waals surface area contributed by atoms with Gasteiger partial charge in [0.25, 0.3) is 0 Å². The van der Waals surface area contributed by atoms with Crippen LogP contribution in [0, 0.1) is 0 Å². The van der Waals surface area contributed by atoms with E-state index >= 15 is 0 Å². The molecule has 5 nitrogen and oxygen atoms in total. The minimum absolute atomic E-state index is 0.168. The number of benzene rings is 1. The standard InChI is InChI=1S/C11H17N3O2/c1-2-16-10-5-3-4-9(6-10)7-13-8-11(12)14-15/h3-6,13,15H,2,7-8H2,1H3,(H2,12,14). The van der Waals surface area contributed by atoms with E-state index in [1.807, 2.05) is 31.2 Å². The molecular weight excluding hydrogens is 206 g/mol. The lowest BCUT2D eigenvalue weighted by atomic mass is 10.2. The molecule has 0 atom stereocenters. The molecule has 0 fully saturated rings. The highest BCUT2D eigenvalue weighted by Crippen LogP contribution is 2.12. The summed E-state index contributed by atoms with van der Waals surface area (Å²) in [5.74, 6) is 1.02. The Morgan fingerprint density at radius 2 is 2.38 bits per heavy atom. The lowest BCUT2D eigenvalue weighted by Crippen LogP contribution is -2.28. The number of nitrogens with one attached hydrogen (secondary N) is 1. The van der Waals surface area contributed by atoms with E-state index in [2.05, 4.69) is 10.5 Å². The number of rotatable bonds is 6. The first-order valence-electron chi connectivity index (χ1n) is 5.15. The number of hydrogen-bond acceptors (Lipinski definition) is 4. The Morgan fingerprint density at radius 3 is 3.06 bits per heavy atom. The van der Waals surface area contributed by atoms with Crippen molar-refractivity contribution >= 4 is 5.84 Å². The van der Waals surface area contributed by atoms with Gasteiger partial charge in [-0.2, -0.15) is 0 Å². The summed E-state index contributed by atoms with van der Waals surface area (Å²) in [4.78, 5) is 0. The van der Waals surface area contributed by atoms with E-state index in [0.29, 0.717) is 19.7 Å². The largest absolute Gasteiger partial charge is 0.494 e. The van der Waals surface area contributed by atoms with Gasteiger partial charge in [-0.15, -0.1) is 0 Å². The number of oxime groups is 1. The molecule has 1 aromatic rings. The topological polar surface area (TPSA) is 79.9 Å². The predicted molar refractivity (Wildman–Crippen MR) is 62.7 cm³/mol. The zero-order chi connectivity index (χ0) is 11.8. The van der Waals surface area contributed by atoms with E-state index in [4.69, 9.17) is 15.7 Å². The highest BCUT2D eigenvalue weighted by Gasteiger charge is 1.97. The van der Waals surface area contributed by atoms with Gasteiger partial charge in [0.15, 0.2) is 5.84 Å². The molecule has 0 amide bonds. The molecule has 4 N–H and O–H groups in total. The van der Waals surface area contributed by atoms with E-state index in [1.165, 1.54) is 0 Å². The second-order valence-corrected chi connectivity index (χ2v) is 3.28. The Hall–Kier alpha value is -1.75. The van der Waals surface area contributed by atoms with Gasteiger partial charge in [-0.1, -0.05) is 17.3 Å². The van der Waals surface area contributed by atoms with Gasteiger partial charge in [-0.3, -0.25) is 0 Å². The van der Waals surface area contributed by atoms with Crippen molar-refractivity contribution in [2.45, 2.75) is 13.5 Å². The van der Waals surface area contributed by atoms with Crippen LogP contribution in [0.5, 0.6) is 5.75 Å². The summed E-state index contributed by atoms with van der Waals surface area (Å²) in [6, 6.07) is 7.80. The molecule has 5 heteroatoms. The van der Waals surface area contributed by atoms with E-state index in [1.54, 1.807) is 0 Å². The van der Waals surface area contributed by atoms with Crippen LogP contribution in [-0.4, -0.2) is 24.2 Å².